The van der Waals surface area contributed by atoms with Crippen LogP contribution in [0.2, 0.25) is 5.02 Å². The van der Waals surface area contributed by atoms with Crippen LogP contribution in [-0.2, 0) is 4.79 Å². The lowest BCUT2D eigenvalue weighted by Gasteiger charge is -2.27. The molecule has 2 unspecified atom stereocenters. The van der Waals surface area contributed by atoms with Crippen molar-refractivity contribution in [2.24, 2.45) is 0 Å². The van der Waals surface area contributed by atoms with Crippen LogP contribution in [0.1, 0.15) is 18.5 Å². The van der Waals surface area contributed by atoms with Gasteiger partial charge < -0.3 is 4.90 Å². The molecule has 0 aromatic heterocycles. The molecule has 3 nitrogen and oxygen atoms in total. The molecular formula is C13H17ClN2OS. The Hall–Kier alpha value is -0.710. The molecule has 0 radical (unpaired) electrons. The van der Waals surface area contributed by atoms with Gasteiger partial charge in [0.25, 0.3) is 0 Å². The van der Waals surface area contributed by atoms with Gasteiger partial charge in [0.05, 0.1) is 12.1 Å². The Balaban J connectivity index is 2.08. The van der Waals surface area contributed by atoms with Gasteiger partial charge in [0.1, 0.15) is 0 Å². The molecule has 0 aliphatic carbocycles. The predicted molar refractivity (Wildman–Crippen MR) is 76.9 cm³/mol. The summed E-state index contributed by atoms with van der Waals surface area (Å²) in [6.45, 7) is 2.02. The van der Waals surface area contributed by atoms with Crippen LogP contribution in [0.5, 0.6) is 0 Å². The standard InChI is InChI=1S/C13H17ClN2OS/c1-9(10-4-3-5-11(14)6-10)16(2)13(17)12-7-18-8-15-12/h3-6,9,12,15H,7-8H2,1-2H3. The van der Waals surface area contributed by atoms with Crippen molar-refractivity contribution in [3.8, 4) is 0 Å². The molecule has 2 atom stereocenters. The van der Waals surface area contributed by atoms with E-state index >= 15 is 0 Å². The Morgan fingerprint density at radius 3 is 3.00 bits per heavy atom. The second-order valence-corrected chi connectivity index (χ2v) is 5.92. The van der Waals surface area contributed by atoms with Crippen LogP contribution in [-0.4, -0.2) is 35.5 Å². The van der Waals surface area contributed by atoms with Crippen molar-refractivity contribution >= 4 is 29.3 Å². The van der Waals surface area contributed by atoms with Crippen LogP contribution in [0.15, 0.2) is 24.3 Å². The third-order valence-corrected chi connectivity index (χ3v) is 4.45. The van der Waals surface area contributed by atoms with E-state index in [9.17, 15) is 4.79 Å². The Labute approximate surface area is 117 Å². The molecule has 1 aromatic rings. The number of amides is 1. The maximum Gasteiger partial charge on any atom is 0.240 e. The average molecular weight is 285 g/mol. The van der Waals surface area contributed by atoms with Crippen LogP contribution in [0.4, 0.5) is 0 Å². The Morgan fingerprint density at radius 1 is 1.61 bits per heavy atom. The summed E-state index contributed by atoms with van der Waals surface area (Å²) in [4.78, 5) is 14.0. The zero-order valence-corrected chi connectivity index (χ0v) is 12.1. The first kappa shape index (κ1) is 13.7. The van der Waals surface area contributed by atoms with E-state index in [2.05, 4.69) is 5.32 Å². The number of nitrogens with one attached hydrogen (secondary N) is 1. The third kappa shape index (κ3) is 2.99. The normalized spacial score (nSPS) is 20.7. The number of carbonyl (C=O) groups excluding carboxylic acids is 1. The largest absolute Gasteiger partial charge is 0.338 e. The predicted octanol–water partition coefficient (Wildman–Crippen LogP) is 2.52. The van der Waals surface area contributed by atoms with Gasteiger partial charge in [-0.3, -0.25) is 10.1 Å². The summed E-state index contributed by atoms with van der Waals surface area (Å²) in [6.07, 6.45) is 0. The van der Waals surface area contributed by atoms with E-state index in [-0.39, 0.29) is 18.0 Å². The number of nitrogens with zero attached hydrogens (tertiary/aromatic N) is 1. The number of carbonyl (C=O) groups is 1. The lowest BCUT2D eigenvalue weighted by atomic mass is 10.1. The fourth-order valence-electron chi connectivity index (χ4n) is 1.98. The summed E-state index contributed by atoms with van der Waals surface area (Å²) < 4.78 is 0. The van der Waals surface area contributed by atoms with Crippen LogP contribution < -0.4 is 5.32 Å². The number of thioether (sulfide) groups is 1. The SMILES string of the molecule is CC(c1cccc(Cl)c1)N(C)C(=O)C1CSCN1. The van der Waals surface area contributed by atoms with Gasteiger partial charge in [-0.05, 0) is 24.6 Å². The fraction of sp³-hybridized carbons (Fsp3) is 0.462. The summed E-state index contributed by atoms with van der Waals surface area (Å²) >= 11 is 7.74. The van der Waals surface area contributed by atoms with E-state index in [1.807, 2.05) is 38.2 Å². The average Bonchev–Trinajstić information content (AvgIpc) is 2.90. The van der Waals surface area contributed by atoms with Gasteiger partial charge in [-0.2, -0.15) is 0 Å². The monoisotopic (exact) mass is 284 g/mol. The smallest absolute Gasteiger partial charge is 0.240 e. The van der Waals surface area contributed by atoms with Gasteiger partial charge in [-0.25, -0.2) is 0 Å². The van der Waals surface area contributed by atoms with E-state index in [0.717, 1.165) is 17.2 Å². The van der Waals surface area contributed by atoms with Gasteiger partial charge in [0, 0.05) is 23.7 Å². The zero-order chi connectivity index (χ0) is 13.1. The molecule has 2 rings (SSSR count). The van der Waals surface area contributed by atoms with Crippen molar-refractivity contribution in [3.05, 3.63) is 34.9 Å². The first-order valence-corrected chi connectivity index (χ1v) is 7.46. The van der Waals surface area contributed by atoms with E-state index in [0.29, 0.717) is 5.02 Å². The first-order chi connectivity index (χ1) is 8.59. The number of halogens is 1. The van der Waals surface area contributed by atoms with Crippen molar-refractivity contribution in [2.45, 2.75) is 19.0 Å². The lowest BCUT2D eigenvalue weighted by molar-refractivity contribution is -0.133. The summed E-state index contributed by atoms with van der Waals surface area (Å²) in [7, 11) is 1.85. The highest BCUT2D eigenvalue weighted by molar-refractivity contribution is 7.99. The highest BCUT2D eigenvalue weighted by Crippen LogP contribution is 2.23. The molecule has 1 amide bonds. The number of rotatable bonds is 3. The summed E-state index contributed by atoms with van der Waals surface area (Å²) in [6, 6.07) is 7.64. The van der Waals surface area contributed by atoms with E-state index in [1.54, 1.807) is 16.7 Å². The summed E-state index contributed by atoms with van der Waals surface area (Å²) in [5, 5.41) is 3.90. The topological polar surface area (TPSA) is 32.3 Å². The van der Waals surface area contributed by atoms with Gasteiger partial charge in [0.2, 0.25) is 5.91 Å². The van der Waals surface area contributed by atoms with Crippen molar-refractivity contribution in [3.63, 3.8) is 0 Å². The molecular weight excluding hydrogens is 268 g/mol. The molecule has 1 fully saturated rings. The lowest BCUT2D eigenvalue weighted by Crippen LogP contribution is -2.44. The molecule has 18 heavy (non-hydrogen) atoms. The molecule has 1 aliphatic rings. The Bertz CT molecular complexity index is 435. The number of hydrogen-bond donors (Lipinski definition) is 1. The molecule has 1 heterocycles. The van der Waals surface area contributed by atoms with Crippen molar-refractivity contribution in [2.75, 3.05) is 18.7 Å². The molecule has 1 saturated heterocycles. The van der Waals surface area contributed by atoms with Crippen molar-refractivity contribution < 1.29 is 4.79 Å². The minimum atomic E-state index is -0.0540. The molecule has 1 aliphatic heterocycles. The molecule has 0 saturated carbocycles. The Morgan fingerprint density at radius 2 is 2.39 bits per heavy atom. The van der Waals surface area contributed by atoms with Gasteiger partial charge in [-0.1, -0.05) is 23.7 Å². The molecule has 5 heteroatoms. The molecule has 0 spiro atoms. The van der Waals surface area contributed by atoms with Crippen molar-refractivity contribution in [1.82, 2.24) is 10.2 Å². The Kier molecular flexibility index (Phi) is 4.54. The van der Waals surface area contributed by atoms with Crippen LogP contribution in [0.3, 0.4) is 0 Å². The molecule has 1 N–H and O–H groups in total. The van der Waals surface area contributed by atoms with Gasteiger partial charge in [0.15, 0.2) is 0 Å². The zero-order valence-electron chi connectivity index (χ0n) is 10.5. The highest BCUT2D eigenvalue weighted by atomic mass is 35.5. The second-order valence-electron chi connectivity index (χ2n) is 4.45. The molecule has 1 aromatic carbocycles. The molecule has 0 bridgehead atoms. The second kappa shape index (κ2) is 5.95. The number of benzene rings is 1. The highest BCUT2D eigenvalue weighted by Gasteiger charge is 2.28. The van der Waals surface area contributed by atoms with E-state index < -0.39 is 0 Å². The van der Waals surface area contributed by atoms with E-state index in [1.165, 1.54) is 0 Å². The number of hydrogen-bond acceptors (Lipinski definition) is 3. The van der Waals surface area contributed by atoms with Crippen LogP contribution in [0, 0.1) is 0 Å². The summed E-state index contributed by atoms with van der Waals surface area (Å²) in [5.41, 5.74) is 1.06. The number of likely N-dealkylation sites (N-methyl/N-ethyl adjacent to an activating group) is 1. The fourth-order valence-corrected chi connectivity index (χ4v) is 3.11. The third-order valence-electron chi connectivity index (χ3n) is 3.27. The maximum atomic E-state index is 12.3. The maximum absolute atomic E-state index is 12.3. The minimum Gasteiger partial charge on any atom is -0.338 e. The van der Waals surface area contributed by atoms with Gasteiger partial charge in [-0.15, -0.1) is 11.8 Å². The molecule has 98 valence electrons. The van der Waals surface area contributed by atoms with Crippen LogP contribution in [0.25, 0.3) is 0 Å². The summed E-state index contributed by atoms with van der Waals surface area (Å²) in [5.74, 6) is 1.86. The van der Waals surface area contributed by atoms with E-state index in [4.69, 9.17) is 11.6 Å². The quantitative estimate of drug-likeness (QED) is 0.926. The van der Waals surface area contributed by atoms with Crippen molar-refractivity contribution in [1.29, 1.82) is 0 Å². The van der Waals surface area contributed by atoms with Crippen LogP contribution >= 0.6 is 23.4 Å². The first-order valence-electron chi connectivity index (χ1n) is 5.93. The minimum absolute atomic E-state index is 0.0311. The van der Waals surface area contributed by atoms with Gasteiger partial charge >= 0.3 is 0 Å².